The van der Waals surface area contributed by atoms with Gasteiger partial charge >= 0.3 is 83.7 Å². The number of rotatable bonds is 6. The van der Waals surface area contributed by atoms with Gasteiger partial charge in [-0.25, -0.2) is 0 Å². The summed E-state index contributed by atoms with van der Waals surface area (Å²) in [6, 6.07) is 61.7. The summed E-state index contributed by atoms with van der Waals surface area (Å²) in [5.74, 6) is 1.19. The van der Waals surface area contributed by atoms with Crippen molar-refractivity contribution in [1.29, 1.82) is 0 Å². The zero-order chi connectivity index (χ0) is 51.3. The monoisotopic (exact) mass is 1270 g/mol. The third-order valence-corrected chi connectivity index (χ3v) is 15.4. The molecule has 0 radical (unpaired) electrons. The van der Waals surface area contributed by atoms with Crippen LogP contribution < -0.4 is 24.8 Å². The molecule has 376 valence electrons. The molecule has 12 aromatic rings. The van der Waals surface area contributed by atoms with Crippen molar-refractivity contribution in [3.05, 3.63) is 214 Å². The average molecular weight is 1270 g/mol. The van der Waals surface area contributed by atoms with E-state index in [-0.39, 0.29) is 35.7 Å². The molecule has 0 aliphatic rings. The van der Waals surface area contributed by atoms with Gasteiger partial charge in [0.2, 0.25) is 0 Å². The van der Waals surface area contributed by atoms with Gasteiger partial charge in [-0.2, -0.15) is 24.3 Å². The van der Waals surface area contributed by atoms with Crippen molar-refractivity contribution >= 4 is 99.3 Å². The van der Waals surface area contributed by atoms with Gasteiger partial charge in [-0.05, 0) is 57.6 Å². The number of hydrogen-bond acceptors (Lipinski definition) is 4. The Hall–Kier alpha value is -3.10. The van der Waals surface area contributed by atoms with E-state index >= 15 is 0 Å². The van der Waals surface area contributed by atoms with E-state index in [0.717, 1.165) is 0 Å². The van der Waals surface area contributed by atoms with E-state index in [9.17, 15) is 0 Å². The molecule has 0 N–H and O–H groups in total. The van der Waals surface area contributed by atoms with Crippen LogP contribution in [-0.4, -0.2) is 10.9 Å². The van der Waals surface area contributed by atoms with Crippen molar-refractivity contribution in [3.8, 4) is 41.8 Å². The second kappa shape index (κ2) is 30.2. The van der Waals surface area contributed by atoms with Crippen LogP contribution in [0.4, 0.5) is 0 Å². The van der Waals surface area contributed by atoms with Gasteiger partial charge in [0.15, 0.2) is 0 Å². The first kappa shape index (κ1) is 61.7. The maximum Gasteiger partial charge on any atom is 0.0248 e. The summed E-state index contributed by atoms with van der Waals surface area (Å²) in [6.45, 7) is 22.5. The largest absolute Gasteiger partial charge is 1.00 e. The Morgan fingerprint density at radius 2 is 0.608 bits per heavy atom. The quantitative estimate of drug-likeness (QED) is 0.115. The molecule has 0 saturated heterocycles. The van der Waals surface area contributed by atoms with Crippen molar-refractivity contribution in [1.82, 2.24) is 0 Å². The number of fused-ring (bicyclic) bond motifs is 4. The van der Waals surface area contributed by atoms with E-state index in [2.05, 4.69) is 259 Å². The van der Waals surface area contributed by atoms with Crippen LogP contribution in [0.2, 0.25) is 26.2 Å². The first-order valence-corrected chi connectivity index (χ1v) is 40.5. The minimum absolute atomic E-state index is 0. The summed E-state index contributed by atoms with van der Waals surface area (Å²) in [5, 5.41) is 19.5. The Labute approximate surface area is 500 Å². The summed E-state index contributed by atoms with van der Waals surface area (Å²) in [5.41, 5.74) is 11.4. The molecule has 0 aliphatic carbocycles. The van der Waals surface area contributed by atoms with Gasteiger partial charge < -0.3 is 24.8 Å². The number of thiophene rings is 4. The van der Waals surface area contributed by atoms with Crippen LogP contribution in [0.15, 0.2) is 191 Å². The molecule has 12 rings (SSSR count). The molecule has 10 heteroatoms. The Bertz CT molecular complexity index is 3340. The second-order valence-corrected chi connectivity index (χ2v) is 41.6. The van der Waals surface area contributed by atoms with E-state index in [1.54, 1.807) is 69.3 Å². The van der Waals surface area contributed by atoms with E-state index in [1.807, 2.05) is 22.7 Å². The molecule has 0 nitrogen and oxygen atoms in total. The SMILES string of the molecule is CC(C)c1cc2c(-c3cccs3)cccc2[cH-]1.CC(C)c1cc2c(-c3cccs3)cccc2[cH-]1.C[Si](C)=[Zr+2].C[Si](C)=[Zr+2].Cc1cc2c(-c3cccs3)cccc2[cH-]1.Cc1cc2c(-c3cccs3)cccc2[cH-]1.[Cl-].[Cl-]. The number of aryl methyl sites for hydroxylation is 2. The molecule has 0 fully saturated rings. The van der Waals surface area contributed by atoms with Crippen molar-refractivity contribution in [2.45, 2.75) is 79.6 Å². The smallest absolute Gasteiger partial charge is 0.0248 e. The minimum atomic E-state index is 0. The molecule has 0 saturated carbocycles. The molecule has 8 aromatic carbocycles. The fourth-order valence-corrected chi connectivity index (χ4v) is 11.6. The number of benzene rings is 4. The molecule has 0 unspecified atom stereocenters. The molecule has 0 amide bonds. The molecule has 0 bridgehead atoms. The van der Waals surface area contributed by atoms with E-state index < -0.39 is 0 Å². The second-order valence-electron chi connectivity index (χ2n) is 19.1. The zero-order valence-corrected chi connectivity index (χ0v) is 55.7. The third kappa shape index (κ3) is 16.9. The number of halogens is 2. The maximum atomic E-state index is 2.34. The van der Waals surface area contributed by atoms with Gasteiger partial charge in [-0.15, -0.1) is 183 Å². The molecule has 4 heterocycles. The van der Waals surface area contributed by atoms with E-state index in [4.69, 9.17) is 0 Å². The Morgan fingerprint density at radius 3 is 0.838 bits per heavy atom. The van der Waals surface area contributed by atoms with Crippen LogP contribution in [0.3, 0.4) is 0 Å². The normalized spacial score (nSPS) is 10.5. The summed E-state index contributed by atoms with van der Waals surface area (Å²) in [4.78, 5) is 5.42. The third-order valence-electron chi connectivity index (χ3n) is 11.8. The van der Waals surface area contributed by atoms with Gasteiger partial charge in [0.25, 0.3) is 0 Å². The van der Waals surface area contributed by atoms with Crippen LogP contribution in [0, 0.1) is 13.8 Å². The van der Waals surface area contributed by atoms with Crippen LogP contribution in [0.5, 0.6) is 0 Å². The molecule has 0 atom stereocenters. The van der Waals surface area contributed by atoms with E-state index in [0.29, 0.717) is 11.8 Å². The van der Waals surface area contributed by atoms with Gasteiger partial charge in [0, 0.05) is 19.5 Å². The number of hydrogen-bond donors (Lipinski definition) is 0. The van der Waals surface area contributed by atoms with Crippen LogP contribution in [0.1, 0.15) is 61.8 Å². The minimum Gasteiger partial charge on any atom is -1.00 e. The molecule has 74 heavy (non-hydrogen) atoms. The van der Waals surface area contributed by atoms with Gasteiger partial charge in [0.05, 0.1) is 0 Å². The van der Waals surface area contributed by atoms with Crippen LogP contribution >= 0.6 is 45.3 Å². The van der Waals surface area contributed by atoms with Gasteiger partial charge in [-0.1, -0.05) is 112 Å². The Morgan fingerprint density at radius 1 is 0.365 bits per heavy atom. The predicted octanol–water partition coefficient (Wildman–Crippen LogP) is 15.6. The summed E-state index contributed by atoms with van der Waals surface area (Å²) in [7, 11) is 0. The molecular weight excluding hydrogens is 1210 g/mol. The van der Waals surface area contributed by atoms with Crippen LogP contribution in [0.25, 0.3) is 84.9 Å². The Balaban J connectivity index is 0.000000173. The van der Waals surface area contributed by atoms with Crippen LogP contribution in [-0.2, 0) is 46.7 Å². The van der Waals surface area contributed by atoms with Crippen molar-refractivity contribution < 1.29 is 71.5 Å². The molecule has 0 spiro atoms. The average Bonchev–Trinajstić information content (AvgIpc) is 4.20. The zero-order valence-electron chi connectivity index (χ0n) is 44.0. The van der Waals surface area contributed by atoms with Crippen molar-refractivity contribution in [2.75, 3.05) is 0 Å². The predicted molar refractivity (Wildman–Crippen MR) is 324 cm³/mol. The van der Waals surface area contributed by atoms with Crippen molar-refractivity contribution in [2.24, 2.45) is 0 Å². The van der Waals surface area contributed by atoms with Gasteiger partial charge in [-0.3, -0.25) is 0 Å². The van der Waals surface area contributed by atoms with Gasteiger partial charge in [0.1, 0.15) is 0 Å². The fraction of sp³-hybridized carbons (Fsp3) is 0.188. The Kier molecular flexibility index (Phi) is 25.2. The van der Waals surface area contributed by atoms with Crippen molar-refractivity contribution in [3.63, 3.8) is 0 Å². The summed E-state index contributed by atoms with van der Waals surface area (Å²) >= 11 is 10.7. The first-order valence-electron chi connectivity index (χ1n) is 24.6. The molecule has 4 aromatic heterocycles. The molecule has 0 aliphatic heterocycles. The first-order chi connectivity index (χ1) is 34.7. The standard InChI is InChI=1S/2C16H15S.2C14H11S.2C2H6Si.2ClH.2Zr/c2*1-11(2)13-9-12-5-3-6-14(15(12)10-13)16-7-4-8-17-16;2*1-10-8-11-4-2-5-12(13(11)9-10)14-6-3-7-15-14;2*1-3-2;;;;/h2*3-11H,1-2H3;2*2-9H,1H3;2*1-2H3;2*1H;;/q4*-1;;;;;2*+2/p-2. The van der Waals surface area contributed by atoms with E-state index in [1.165, 1.54) is 107 Å². The summed E-state index contributed by atoms with van der Waals surface area (Å²) in [6.07, 6.45) is 0. The maximum absolute atomic E-state index is 2.34. The fourth-order valence-electron chi connectivity index (χ4n) is 8.54. The molecular formula is C64H64Cl2S4Si2Zr2-2. The summed E-state index contributed by atoms with van der Waals surface area (Å²) < 4.78 is 0. The topological polar surface area (TPSA) is 0 Å².